The summed E-state index contributed by atoms with van der Waals surface area (Å²) in [5.41, 5.74) is 1.18. The summed E-state index contributed by atoms with van der Waals surface area (Å²) in [4.78, 5) is 2.18. The minimum atomic E-state index is -0.00929. The minimum absolute atomic E-state index is 0.00929. The molecule has 90 valence electrons. The largest absolute Gasteiger partial charge is 0.288 e. The van der Waals surface area contributed by atoms with Crippen molar-refractivity contribution in [3.05, 3.63) is 42.0 Å². The van der Waals surface area contributed by atoms with E-state index in [1.54, 1.807) is 0 Å². The number of nitrogens with zero attached hydrogens (tertiary/aromatic N) is 2. The molecule has 1 aromatic carbocycles. The molecule has 2 nitrogen and oxygen atoms in total. The molecule has 0 N–H and O–H groups in total. The first-order valence-electron chi connectivity index (χ1n) is 6.17. The van der Waals surface area contributed by atoms with Gasteiger partial charge in [-0.25, -0.2) is 0 Å². The molecule has 1 unspecified atom stereocenters. The fourth-order valence-corrected chi connectivity index (χ4v) is 1.84. The first-order valence-corrected chi connectivity index (χ1v) is 6.17. The lowest BCUT2D eigenvalue weighted by Crippen LogP contribution is -2.33. The zero-order valence-corrected chi connectivity index (χ0v) is 10.6. The molecule has 0 aliphatic heterocycles. The van der Waals surface area contributed by atoms with E-state index in [0.29, 0.717) is 0 Å². The second-order valence-corrected chi connectivity index (χ2v) is 3.91. The maximum absolute atomic E-state index is 9.13. The van der Waals surface area contributed by atoms with Crippen molar-refractivity contribution < 1.29 is 0 Å². The average Bonchev–Trinajstić information content (AvgIpc) is 2.39. The zero-order valence-electron chi connectivity index (χ0n) is 10.6. The van der Waals surface area contributed by atoms with Crippen molar-refractivity contribution in [3.63, 3.8) is 0 Å². The molecule has 0 saturated carbocycles. The van der Waals surface area contributed by atoms with Gasteiger partial charge in [0.15, 0.2) is 0 Å². The highest BCUT2D eigenvalue weighted by molar-refractivity contribution is 5.48. The van der Waals surface area contributed by atoms with Crippen LogP contribution < -0.4 is 0 Å². The monoisotopic (exact) mass is 228 g/mol. The van der Waals surface area contributed by atoms with Gasteiger partial charge in [-0.05, 0) is 25.1 Å². The van der Waals surface area contributed by atoms with Gasteiger partial charge in [0.2, 0.25) is 0 Å². The number of rotatable bonds is 6. The van der Waals surface area contributed by atoms with Gasteiger partial charge in [0.25, 0.3) is 0 Å². The van der Waals surface area contributed by atoms with Crippen molar-refractivity contribution >= 4 is 6.08 Å². The molecule has 0 heterocycles. The van der Waals surface area contributed by atoms with Crippen LogP contribution >= 0.6 is 0 Å². The van der Waals surface area contributed by atoms with Crippen LogP contribution in [0.5, 0.6) is 0 Å². The van der Waals surface area contributed by atoms with Gasteiger partial charge in [0, 0.05) is 0 Å². The Morgan fingerprint density at radius 1 is 1.24 bits per heavy atom. The van der Waals surface area contributed by atoms with Crippen LogP contribution in [0, 0.1) is 11.3 Å². The third kappa shape index (κ3) is 4.42. The molecular formula is C15H20N2. The molecule has 0 saturated heterocycles. The van der Waals surface area contributed by atoms with Gasteiger partial charge < -0.3 is 0 Å². The summed E-state index contributed by atoms with van der Waals surface area (Å²) in [5, 5.41) is 9.13. The molecule has 0 bridgehead atoms. The van der Waals surface area contributed by atoms with Crippen molar-refractivity contribution in [3.8, 4) is 6.07 Å². The van der Waals surface area contributed by atoms with E-state index in [0.717, 1.165) is 19.5 Å². The highest BCUT2D eigenvalue weighted by Crippen LogP contribution is 2.07. The number of hydrogen-bond donors (Lipinski definition) is 0. The SMILES string of the molecule is CCN(CC)C(C#N)C/C=C/c1ccccc1. The molecule has 1 rings (SSSR count). The molecule has 0 radical (unpaired) electrons. The minimum Gasteiger partial charge on any atom is -0.288 e. The summed E-state index contributed by atoms with van der Waals surface area (Å²) in [6.45, 7) is 6.03. The molecular weight excluding hydrogens is 208 g/mol. The molecule has 17 heavy (non-hydrogen) atoms. The smallest absolute Gasteiger partial charge is 0.101 e. The van der Waals surface area contributed by atoms with Crippen LogP contribution in [-0.4, -0.2) is 24.0 Å². The Balaban J connectivity index is 2.54. The molecule has 0 fully saturated rings. The first kappa shape index (κ1) is 13.5. The highest BCUT2D eigenvalue weighted by atomic mass is 15.1. The highest BCUT2D eigenvalue weighted by Gasteiger charge is 2.12. The summed E-state index contributed by atoms with van der Waals surface area (Å²) in [6, 6.07) is 12.5. The quantitative estimate of drug-likeness (QED) is 0.746. The summed E-state index contributed by atoms with van der Waals surface area (Å²) < 4.78 is 0. The zero-order chi connectivity index (χ0) is 12.5. The normalized spacial score (nSPS) is 12.8. The van der Waals surface area contributed by atoms with Crippen molar-refractivity contribution in [2.45, 2.75) is 26.3 Å². The van der Waals surface area contributed by atoms with E-state index in [1.165, 1.54) is 5.56 Å². The standard InChI is InChI=1S/C15H20N2/c1-3-17(4-2)15(13-16)12-8-11-14-9-6-5-7-10-14/h5-11,15H,3-4,12H2,1-2H3/b11-8+. The number of nitriles is 1. The van der Waals surface area contributed by atoms with Crippen LogP contribution in [0.3, 0.4) is 0 Å². The fourth-order valence-electron chi connectivity index (χ4n) is 1.84. The second kappa shape index (κ2) is 7.65. The molecule has 0 aliphatic carbocycles. The summed E-state index contributed by atoms with van der Waals surface area (Å²) >= 11 is 0. The van der Waals surface area contributed by atoms with E-state index >= 15 is 0 Å². The topological polar surface area (TPSA) is 27.0 Å². The predicted molar refractivity (Wildman–Crippen MR) is 72.4 cm³/mol. The number of hydrogen-bond acceptors (Lipinski definition) is 2. The maximum atomic E-state index is 9.13. The van der Waals surface area contributed by atoms with Crippen LogP contribution in [0.1, 0.15) is 25.8 Å². The van der Waals surface area contributed by atoms with E-state index in [2.05, 4.69) is 49.1 Å². The Labute approximate surface area is 104 Å². The lowest BCUT2D eigenvalue weighted by Gasteiger charge is -2.22. The Hall–Kier alpha value is -1.59. The molecule has 0 aliphatic rings. The van der Waals surface area contributed by atoms with Gasteiger partial charge in [-0.3, -0.25) is 4.90 Å². The fraction of sp³-hybridized carbons (Fsp3) is 0.400. The van der Waals surface area contributed by atoms with Crippen LogP contribution in [0.15, 0.2) is 36.4 Å². The molecule has 0 spiro atoms. The third-order valence-electron chi connectivity index (χ3n) is 2.87. The van der Waals surface area contributed by atoms with Gasteiger partial charge in [0.1, 0.15) is 6.04 Å². The predicted octanol–water partition coefficient (Wildman–Crippen LogP) is 3.32. The molecule has 1 aromatic rings. The van der Waals surface area contributed by atoms with Gasteiger partial charge in [0.05, 0.1) is 6.07 Å². The molecule has 0 aromatic heterocycles. The Morgan fingerprint density at radius 3 is 2.41 bits per heavy atom. The van der Waals surface area contributed by atoms with Gasteiger partial charge in [-0.15, -0.1) is 0 Å². The van der Waals surface area contributed by atoms with E-state index in [1.807, 2.05) is 18.2 Å². The average molecular weight is 228 g/mol. The van der Waals surface area contributed by atoms with E-state index in [4.69, 9.17) is 5.26 Å². The molecule has 1 atom stereocenters. The van der Waals surface area contributed by atoms with Crippen LogP contribution in [-0.2, 0) is 0 Å². The van der Waals surface area contributed by atoms with E-state index in [9.17, 15) is 0 Å². The Morgan fingerprint density at radius 2 is 1.88 bits per heavy atom. The van der Waals surface area contributed by atoms with Crippen LogP contribution in [0.25, 0.3) is 6.08 Å². The van der Waals surface area contributed by atoms with Crippen molar-refractivity contribution in [2.75, 3.05) is 13.1 Å². The van der Waals surface area contributed by atoms with Crippen LogP contribution in [0.4, 0.5) is 0 Å². The Bertz CT molecular complexity index is 372. The van der Waals surface area contributed by atoms with E-state index in [-0.39, 0.29) is 6.04 Å². The molecule has 2 heteroatoms. The first-order chi connectivity index (χ1) is 8.31. The van der Waals surface area contributed by atoms with Gasteiger partial charge in [-0.1, -0.05) is 56.3 Å². The Kier molecular flexibility index (Phi) is 6.06. The second-order valence-electron chi connectivity index (χ2n) is 3.91. The molecule has 0 amide bonds. The third-order valence-corrected chi connectivity index (χ3v) is 2.87. The maximum Gasteiger partial charge on any atom is 0.101 e. The van der Waals surface area contributed by atoms with Gasteiger partial charge in [-0.2, -0.15) is 5.26 Å². The summed E-state index contributed by atoms with van der Waals surface area (Å²) in [5.74, 6) is 0. The summed E-state index contributed by atoms with van der Waals surface area (Å²) in [6.07, 6.45) is 4.95. The summed E-state index contributed by atoms with van der Waals surface area (Å²) in [7, 11) is 0. The van der Waals surface area contributed by atoms with Crippen LogP contribution in [0.2, 0.25) is 0 Å². The van der Waals surface area contributed by atoms with Crippen molar-refractivity contribution in [1.29, 1.82) is 5.26 Å². The van der Waals surface area contributed by atoms with Crippen molar-refractivity contribution in [2.24, 2.45) is 0 Å². The lowest BCUT2D eigenvalue weighted by molar-refractivity contribution is 0.260. The number of benzene rings is 1. The lowest BCUT2D eigenvalue weighted by atomic mass is 10.1. The van der Waals surface area contributed by atoms with E-state index < -0.39 is 0 Å². The van der Waals surface area contributed by atoms with Gasteiger partial charge >= 0.3 is 0 Å². The van der Waals surface area contributed by atoms with Crippen molar-refractivity contribution in [1.82, 2.24) is 4.90 Å².